The quantitative estimate of drug-likeness (QED) is 0.929. The molecule has 1 N–H and O–H groups in total. The first-order valence-electron chi connectivity index (χ1n) is 6.17. The van der Waals surface area contributed by atoms with Gasteiger partial charge in [-0.2, -0.15) is 0 Å². The second-order valence-corrected chi connectivity index (χ2v) is 6.23. The summed E-state index contributed by atoms with van der Waals surface area (Å²) >= 11 is 1.54. The Morgan fingerprint density at radius 2 is 2.00 bits per heavy atom. The molecule has 100 valence electrons. The van der Waals surface area contributed by atoms with E-state index < -0.39 is 0 Å². The monoisotopic (exact) mass is 274 g/mol. The molecule has 0 unspecified atom stereocenters. The van der Waals surface area contributed by atoms with Crippen LogP contribution in [0.2, 0.25) is 0 Å². The highest BCUT2D eigenvalue weighted by Gasteiger charge is 2.11. The molecule has 5 heteroatoms. The van der Waals surface area contributed by atoms with Crippen LogP contribution in [0.1, 0.15) is 26.3 Å². The van der Waals surface area contributed by atoms with Gasteiger partial charge in [0, 0.05) is 30.7 Å². The molecule has 0 saturated carbocycles. The smallest absolute Gasteiger partial charge is 0.121 e. The SMILES string of the molecule is CC(C)(C)NCc1cccnc1Sc1cnccn1. The molecule has 0 bridgehead atoms. The van der Waals surface area contributed by atoms with E-state index in [9.17, 15) is 0 Å². The largest absolute Gasteiger partial charge is 0.308 e. The third kappa shape index (κ3) is 4.61. The van der Waals surface area contributed by atoms with Gasteiger partial charge in [0.15, 0.2) is 0 Å². The molecule has 4 nitrogen and oxygen atoms in total. The van der Waals surface area contributed by atoms with E-state index in [1.165, 1.54) is 5.56 Å². The number of nitrogens with one attached hydrogen (secondary N) is 1. The molecule has 0 aliphatic rings. The van der Waals surface area contributed by atoms with Gasteiger partial charge < -0.3 is 5.32 Å². The van der Waals surface area contributed by atoms with Crippen LogP contribution in [0.4, 0.5) is 0 Å². The molecule has 0 atom stereocenters. The Kier molecular flexibility index (Phi) is 4.50. The maximum absolute atomic E-state index is 4.43. The van der Waals surface area contributed by atoms with E-state index in [-0.39, 0.29) is 5.54 Å². The predicted octanol–water partition coefficient (Wildman–Crippen LogP) is 2.91. The van der Waals surface area contributed by atoms with Crippen molar-refractivity contribution in [2.24, 2.45) is 0 Å². The first-order valence-corrected chi connectivity index (χ1v) is 6.99. The van der Waals surface area contributed by atoms with Gasteiger partial charge in [0.05, 0.1) is 6.20 Å². The maximum atomic E-state index is 4.43. The van der Waals surface area contributed by atoms with Gasteiger partial charge in [-0.3, -0.25) is 4.98 Å². The molecule has 0 aromatic carbocycles. The van der Waals surface area contributed by atoms with Crippen LogP contribution < -0.4 is 5.32 Å². The molecule has 0 aliphatic carbocycles. The molecule has 0 aliphatic heterocycles. The number of rotatable bonds is 4. The minimum Gasteiger partial charge on any atom is -0.308 e. The lowest BCUT2D eigenvalue weighted by molar-refractivity contribution is 0.422. The normalized spacial score (nSPS) is 11.5. The fraction of sp³-hybridized carbons (Fsp3) is 0.357. The van der Waals surface area contributed by atoms with E-state index in [0.29, 0.717) is 0 Å². The van der Waals surface area contributed by atoms with Gasteiger partial charge in [-0.1, -0.05) is 6.07 Å². The Morgan fingerprint density at radius 1 is 1.16 bits per heavy atom. The van der Waals surface area contributed by atoms with Crippen molar-refractivity contribution in [1.82, 2.24) is 20.3 Å². The maximum Gasteiger partial charge on any atom is 0.121 e. The molecule has 2 rings (SSSR count). The zero-order valence-electron chi connectivity index (χ0n) is 11.4. The van der Waals surface area contributed by atoms with E-state index in [4.69, 9.17) is 0 Å². The van der Waals surface area contributed by atoms with Crippen LogP contribution in [0, 0.1) is 0 Å². The molecule has 2 heterocycles. The lowest BCUT2D eigenvalue weighted by atomic mass is 10.1. The lowest BCUT2D eigenvalue weighted by Gasteiger charge is -2.21. The summed E-state index contributed by atoms with van der Waals surface area (Å²) in [4.78, 5) is 12.8. The number of aromatic nitrogens is 3. The fourth-order valence-corrected chi connectivity index (χ4v) is 2.26. The molecule has 0 radical (unpaired) electrons. The van der Waals surface area contributed by atoms with Crippen molar-refractivity contribution >= 4 is 11.8 Å². The van der Waals surface area contributed by atoms with Crippen molar-refractivity contribution < 1.29 is 0 Å². The summed E-state index contributed by atoms with van der Waals surface area (Å²) in [5.74, 6) is 0. The minimum atomic E-state index is 0.0876. The minimum absolute atomic E-state index is 0.0876. The molecular weight excluding hydrogens is 256 g/mol. The summed E-state index contributed by atoms with van der Waals surface area (Å²) in [6, 6.07) is 4.05. The molecule has 0 amide bonds. The Balaban J connectivity index is 2.12. The summed E-state index contributed by atoms with van der Waals surface area (Å²) in [6.45, 7) is 7.25. The number of hydrogen-bond donors (Lipinski definition) is 1. The van der Waals surface area contributed by atoms with Gasteiger partial charge in [-0.05, 0) is 44.2 Å². The molecule has 0 fully saturated rings. The first-order chi connectivity index (χ1) is 9.04. The highest BCUT2D eigenvalue weighted by atomic mass is 32.2. The highest BCUT2D eigenvalue weighted by Crippen LogP contribution is 2.26. The third-order valence-electron chi connectivity index (χ3n) is 2.40. The van der Waals surface area contributed by atoms with Gasteiger partial charge in [0.1, 0.15) is 10.1 Å². The molecule has 19 heavy (non-hydrogen) atoms. The van der Waals surface area contributed by atoms with Crippen molar-refractivity contribution in [3.63, 3.8) is 0 Å². The van der Waals surface area contributed by atoms with Gasteiger partial charge in [0.25, 0.3) is 0 Å². The van der Waals surface area contributed by atoms with E-state index in [1.54, 1.807) is 36.5 Å². The Labute approximate surface area is 118 Å². The molecule has 2 aromatic rings. The standard InChI is InChI=1S/C14H18N4S/c1-14(2,3)18-9-11-5-4-6-17-13(11)19-12-10-15-7-8-16-12/h4-8,10,18H,9H2,1-3H3. The molecule has 0 spiro atoms. The molecular formula is C14H18N4S. The van der Waals surface area contributed by atoms with E-state index in [2.05, 4.69) is 47.1 Å². The number of pyridine rings is 1. The third-order valence-corrected chi connectivity index (χ3v) is 3.38. The summed E-state index contributed by atoms with van der Waals surface area (Å²) < 4.78 is 0. The van der Waals surface area contributed by atoms with Crippen LogP contribution in [0.25, 0.3) is 0 Å². The zero-order chi connectivity index (χ0) is 13.7. The predicted molar refractivity (Wildman–Crippen MR) is 77.0 cm³/mol. The summed E-state index contributed by atoms with van der Waals surface area (Å²) in [7, 11) is 0. The summed E-state index contributed by atoms with van der Waals surface area (Å²) in [5, 5.41) is 5.31. The zero-order valence-corrected chi connectivity index (χ0v) is 12.2. The lowest BCUT2D eigenvalue weighted by Crippen LogP contribution is -2.35. The Hall–Kier alpha value is -1.46. The first kappa shape index (κ1) is 14.0. The van der Waals surface area contributed by atoms with Crippen molar-refractivity contribution in [1.29, 1.82) is 0 Å². The van der Waals surface area contributed by atoms with Gasteiger partial charge in [0.2, 0.25) is 0 Å². The van der Waals surface area contributed by atoms with Gasteiger partial charge in [-0.15, -0.1) is 0 Å². The van der Waals surface area contributed by atoms with Crippen LogP contribution in [0.5, 0.6) is 0 Å². The van der Waals surface area contributed by atoms with Crippen molar-refractivity contribution in [2.45, 2.75) is 42.9 Å². The average molecular weight is 274 g/mol. The van der Waals surface area contributed by atoms with E-state index >= 15 is 0 Å². The van der Waals surface area contributed by atoms with Crippen LogP contribution in [-0.2, 0) is 6.54 Å². The van der Waals surface area contributed by atoms with Crippen LogP contribution in [0.15, 0.2) is 47.0 Å². The second-order valence-electron chi connectivity index (χ2n) is 5.22. The van der Waals surface area contributed by atoms with Crippen molar-refractivity contribution in [2.75, 3.05) is 0 Å². The summed E-state index contributed by atoms with van der Waals surface area (Å²) in [6.07, 6.45) is 6.92. The average Bonchev–Trinajstić information content (AvgIpc) is 2.38. The Bertz CT molecular complexity index is 522. The van der Waals surface area contributed by atoms with E-state index in [1.807, 2.05) is 6.07 Å². The number of nitrogens with zero attached hydrogens (tertiary/aromatic N) is 3. The summed E-state index contributed by atoms with van der Waals surface area (Å²) in [5.41, 5.74) is 1.26. The molecule has 2 aromatic heterocycles. The Morgan fingerprint density at radius 3 is 2.68 bits per heavy atom. The van der Waals surface area contributed by atoms with Crippen molar-refractivity contribution in [3.8, 4) is 0 Å². The van der Waals surface area contributed by atoms with Gasteiger partial charge >= 0.3 is 0 Å². The fourth-order valence-electron chi connectivity index (χ4n) is 1.45. The highest BCUT2D eigenvalue weighted by molar-refractivity contribution is 7.99. The topological polar surface area (TPSA) is 50.7 Å². The van der Waals surface area contributed by atoms with Crippen LogP contribution >= 0.6 is 11.8 Å². The second kappa shape index (κ2) is 6.12. The van der Waals surface area contributed by atoms with Crippen LogP contribution in [-0.4, -0.2) is 20.5 Å². The van der Waals surface area contributed by atoms with Crippen molar-refractivity contribution in [3.05, 3.63) is 42.5 Å². The number of hydrogen-bond acceptors (Lipinski definition) is 5. The van der Waals surface area contributed by atoms with E-state index in [0.717, 1.165) is 16.6 Å². The molecule has 0 saturated heterocycles. The van der Waals surface area contributed by atoms with Gasteiger partial charge in [-0.25, -0.2) is 9.97 Å². The van der Waals surface area contributed by atoms with Crippen LogP contribution in [0.3, 0.4) is 0 Å².